The Hall–Kier alpha value is -3.13. The molecule has 2 amide bonds. The molecule has 1 aromatic carbocycles. The second kappa shape index (κ2) is 9.58. The first kappa shape index (κ1) is 21.6. The number of nitrogens with zero attached hydrogens (tertiary/aromatic N) is 4. The van der Waals surface area contributed by atoms with Crippen LogP contribution in [0.2, 0.25) is 0 Å². The summed E-state index contributed by atoms with van der Waals surface area (Å²) in [6.45, 7) is 6.04. The summed E-state index contributed by atoms with van der Waals surface area (Å²) >= 11 is 1.10. The number of carbonyl (C=O) groups is 2. The molecule has 1 N–H and O–H groups in total. The van der Waals surface area contributed by atoms with Crippen molar-refractivity contribution >= 4 is 23.3 Å². The Morgan fingerprint density at radius 2 is 1.83 bits per heavy atom. The predicted molar refractivity (Wildman–Crippen MR) is 116 cm³/mol. The van der Waals surface area contributed by atoms with Gasteiger partial charge in [-0.05, 0) is 56.4 Å². The fourth-order valence-electron chi connectivity index (χ4n) is 3.06. The molecule has 7 nitrogen and oxygen atoms in total. The molecule has 0 bridgehead atoms. The van der Waals surface area contributed by atoms with Crippen molar-refractivity contribution in [2.45, 2.75) is 38.8 Å². The van der Waals surface area contributed by atoms with E-state index in [0.29, 0.717) is 18.7 Å². The van der Waals surface area contributed by atoms with Crippen molar-refractivity contribution in [3.63, 3.8) is 0 Å². The van der Waals surface area contributed by atoms with Gasteiger partial charge in [0.05, 0.1) is 5.69 Å². The van der Waals surface area contributed by atoms with Crippen LogP contribution in [0.3, 0.4) is 0 Å². The molecule has 0 fully saturated rings. The Labute approximate surface area is 180 Å². The molecule has 0 unspecified atom stereocenters. The summed E-state index contributed by atoms with van der Waals surface area (Å²) in [5.41, 5.74) is 1.34. The van der Waals surface area contributed by atoms with E-state index >= 15 is 0 Å². The highest BCUT2D eigenvalue weighted by atomic mass is 32.1. The normalized spacial score (nSPS) is 12.2. The van der Waals surface area contributed by atoms with Crippen LogP contribution in [-0.4, -0.2) is 43.4 Å². The third-order valence-electron chi connectivity index (χ3n) is 4.35. The van der Waals surface area contributed by atoms with Crippen molar-refractivity contribution in [2.75, 3.05) is 6.54 Å². The first-order valence-electron chi connectivity index (χ1n) is 9.70. The summed E-state index contributed by atoms with van der Waals surface area (Å²) in [4.78, 5) is 32.6. The van der Waals surface area contributed by atoms with Gasteiger partial charge in [0.2, 0.25) is 5.91 Å². The Bertz CT molecular complexity index is 956. The monoisotopic (exact) mass is 423 g/mol. The summed E-state index contributed by atoms with van der Waals surface area (Å²) in [6, 6.07) is 14.3. The van der Waals surface area contributed by atoms with Crippen molar-refractivity contribution in [3.8, 4) is 0 Å². The molecule has 0 saturated carbocycles. The van der Waals surface area contributed by atoms with Gasteiger partial charge in [-0.25, -0.2) is 0 Å². The maximum absolute atomic E-state index is 13.3. The predicted octanol–water partition coefficient (Wildman–Crippen LogP) is 3.27. The molecule has 0 aliphatic rings. The molecular weight excluding hydrogens is 398 g/mol. The second-order valence-electron chi connectivity index (χ2n) is 7.92. The molecule has 3 rings (SSSR count). The minimum atomic E-state index is -0.886. The number of rotatable bonds is 7. The first-order chi connectivity index (χ1) is 14.3. The van der Waals surface area contributed by atoms with Gasteiger partial charge in [-0.2, -0.15) is 0 Å². The van der Waals surface area contributed by atoms with Crippen molar-refractivity contribution in [1.82, 2.24) is 24.8 Å². The zero-order valence-corrected chi connectivity index (χ0v) is 18.1. The molecule has 1 atom stereocenters. The number of pyridine rings is 1. The van der Waals surface area contributed by atoms with Crippen LogP contribution < -0.4 is 5.32 Å². The number of nitrogens with one attached hydrogen (secondary N) is 1. The summed E-state index contributed by atoms with van der Waals surface area (Å²) in [5.74, 6) is -0.634. The Morgan fingerprint density at radius 3 is 2.43 bits per heavy atom. The van der Waals surface area contributed by atoms with Crippen LogP contribution in [0.15, 0.2) is 60.1 Å². The molecule has 2 heterocycles. The minimum absolute atomic E-state index is 0.220. The molecule has 0 saturated heterocycles. The van der Waals surface area contributed by atoms with Crippen LogP contribution >= 0.6 is 11.5 Å². The number of hydrogen-bond donors (Lipinski definition) is 1. The van der Waals surface area contributed by atoms with E-state index in [1.807, 2.05) is 57.2 Å². The Balaban J connectivity index is 1.98. The summed E-state index contributed by atoms with van der Waals surface area (Å²) < 4.78 is 3.81. The topological polar surface area (TPSA) is 88.1 Å². The van der Waals surface area contributed by atoms with Crippen molar-refractivity contribution in [3.05, 3.63) is 77.1 Å². The van der Waals surface area contributed by atoms with Gasteiger partial charge in [-0.15, -0.1) is 5.10 Å². The number of amides is 2. The van der Waals surface area contributed by atoms with Gasteiger partial charge in [-0.3, -0.25) is 14.6 Å². The molecule has 0 aliphatic carbocycles. The van der Waals surface area contributed by atoms with Crippen LogP contribution in [0.25, 0.3) is 0 Å². The summed E-state index contributed by atoms with van der Waals surface area (Å²) in [5, 5.41) is 8.51. The van der Waals surface area contributed by atoms with Crippen molar-refractivity contribution < 1.29 is 9.59 Å². The largest absolute Gasteiger partial charge is 0.349 e. The lowest BCUT2D eigenvalue weighted by atomic mass is 10.0. The van der Waals surface area contributed by atoms with Crippen LogP contribution in [-0.2, 0) is 11.2 Å². The molecular formula is C22H25N5O2S. The smallest absolute Gasteiger partial charge is 0.276 e. The van der Waals surface area contributed by atoms with Gasteiger partial charge in [0.15, 0.2) is 11.7 Å². The highest BCUT2D eigenvalue weighted by Gasteiger charge is 2.35. The van der Waals surface area contributed by atoms with Crippen LogP contribution in [0.4, 0.5) is 0 Å². The van der Waals surface area contributed by atoms with Gasteiger partial charge in [0.25, 0.3) is 5.91 Å². The molecule has 3 aromatic rings. The Kier molecular flexibility index (Phi) is 6.89. The van der Waals surface area contributed by atoms with Crippen molar-refractivity contribution in [2.24, 2.45) is 0 Å². The average Bonchev–Trinajstić information content (AvgIpc) is 3.25. The molecule has 0 radical (unpaired) electrons. The van der Waals surface area contributed by atoms with Gasteiger partial charge in [0.1, 0.15) is 0 Å². The van der Waals surface area contributed by atoms with E-state index in [1.165, 1.54) is 4.90 Å². The maximum atomic E-state index is 13.3. The highest BCUT2D eigenvalue weighted by molar-refractivity contribution is 7.03. The highest BCUT2D eigenvalue weighted by Crippen LogP contribution is 2.23. The molecule has 0 aliphatic heterocycles. The fraction of sp³-hybridized carbons (Fsp3) is 0.318. The van der Waals surface area contributed by atoms with Gasteiger partial charge < -0.3 is 10.2 Å². The summed E-state index contributed by atoms with van der Waals surface area (Å²) in [6.07, 6.45) is 2.22. The number of carbonyl (C=O) groups excluding carboxylic acids is 2. The Morgan fingerprint density at radius 1 is 1.10 bits per heavy atom. The van der Waals surface area contributed by atoms with Crippen LogP contribution in [0.1, 0.15) is 48.6 Å². The van der Waals surface area contributed by atoms with E-state index in [0.717, 1.165) is 17.1 Å². The van der Waals surface area contributed by atoms with Gasteiger partial charge in [-0.1, -0.05) is 40.9 Å². The molecule has 0 spiro atoms. The second-order valence-corrected chi connectivity index (χ2v) is 8.53. The average molecular weight is 424 g/mol. The van der Waals surface area contributed by atoms with Crippen LogP contribution in [0, 0.1) is 0 Å². The molecule has 156 valence electrons. The van der Waals surface area contributed by atoms with E-state index in [4.69, 9.17) is 0 Å². The number of aromatic nitrogens is 3. The zero-order chi connectivity index (χ0) is 21.6. The third kappa shape index (κ3) is 5.70. The molecule has 2 aromatic heterocycles. The minimum Gasteiger partial charge on any atom is -0.349 e. The van der Waals surface area contributed by atoms with Gasteiger partial charge in [0, 0.05) is 23.7 Å². The van der Waals surface area contributed by atoms with Crippen LogP contribution in [0.5, 0.6) is 0 Å². The number of benzene rings is 1. The van der Waals surface area contributed by atoms with Crippen molar-refractivity contribution in [1.29, 1.82) is 0 Å². The maximum Gasteiger partial charge on any atom is 0.276 e. The van der Waals surface area contributed by atoms with Gasteiger partial charge >= 0.3 is 0 Å². The fourth-order valence-corrected chi connectivity index (χ4v) is 3.49. The standard InChI is InChI=1S/C22H25N5O2S/c1-22(2,3)24-20(28)19(17-11-7-8-13-23-17)27(21(29)18-15-30-26-25-18)14-12-16-9-5-4-6-10-16/h4-11,13,15,19H,12,14H2,1-3H3,(H,24,28)/t19-/m0/s1. The number of hydrogen-bond acceptors (Lipinski definition) is 6. The lowest BCUT2D eigenvalue weighted by Crippen LogP contribution is -2.50. The quantitative estimate of drug-likeness (QED) is 0.630. The summed E-state index contributed by atoms with van der Waals surface area (Å²) in [7, 11) is 0. The van der Waals surface area contributed by atoms with E-state index < -0.39 is 11.6 Å². The van der Waals surface area contributed by atoms with E-state index in [-0.39, 0.29) is 17.5 Å². The van der Waals surface area contributed by atoms with E-state index in [1.54, 1.807) is 23.7 Å². The third-order valence-corrected chi connectivity index (χ3v) is 4.85. The zero-order valence-electron chi connectivity index (χ0n) is 17.3. The van der Waals surface area contributed by atoms with E-state index in [2.05, 4.69) is 19.9 Å². The first-order valence-corrected chi connectivity index (χ1v) is 10.5. The SMILES string of the molecule is CC(C)(C)NC(=O)[C@H](c1ccccn1)N(CCc1ccccc1)C(=O)c1csnn1. The lowest BCUT2D eigenvalue weighted by molar-refractivity contribution is -0.127. The molecule has 30 heavy (non-hydrogen) atoms. The van der Waals surface area contributed by atoms with E-state index in [9.17, 15) is 9.59 Å². The lowest BCUT2D eigenvalue weighted by Gasteiger charge is -2.32. The molecule has 8 heteroatoms.